The summed E-state index contributed by atoms with van der Waals surface area (Å²) in [6.07, 6.45) is 0.143. The molecule has 0 unspecified atom stereocenters. The molecule has 0 aliphatic carbocycles. The highest BCUT2D eigenvalue weighted by Crippen LogP contribution is 2.26. The minimum absolute atomic E-state index is 0.272. The summed E-state index contributed by atoms with van der Waals surface area (Å²) in [6.45, 7) is 6.23. The van der Waals surface area contributed by atoms with Crippen molar-refractivity contribution in [2.24, 2.45) is 0 Å². The number of nitrogens with zero attached hydrogens (tertiary/aromatic N) is 4. The molecule has 0 spiro atoms. The van der Waals surface area contributed by atoms with Crippen LogP contribution in [0.1, 0.15) is 42.4 Å². The number of fused-ring (bicyclic) bond motifs is 1. The molecular formula is C20H27N5O3. The van der Waals surface area contributed by atoms with Crippen LogP contribution in [0.4, 0.5) is 16.3 Å². The molecule has 8 nitrogen and oxygen atoms in total. The van der Waals surface area contributed by atoms with E-state index in [1.165, 1.54) is 4.68 Å². The Kier molecular flexibility index (Phi) is 5.06. The number of benzene rings is 1. The second-order valence-corrected chi connectivity index (χ2v) is 8.12. The van der Waals surface area contributed by atoms with Gasteiger partial charge in [0.25, 0.3) is 5.91 Å². The van der Waals surface area contributed by atoms with E-state index in [-0.39, 0.29) is 12.5 Å². The lowest BCUT2D eigenvalue weighted by Crippen LogP contribution is -2.39. The van der Waals surface area contributed by atoms with Gasteiger partial charge in [-0.15, -0.1) is 0 Å². The van der Waals surface area contributed by atoms with E-state index in [1.54, 1.807) is 17.0 Å². The van der Waals surface area contributed by atoms with Crippen molar-refractivity contribution < 1.29 is 14.3 Å². The Morgan fingerprint density at radius 2 is 1.82 bits per heavy atom. The summed E-state index contributed by atoms with van der Waals surface area (Å²) < 4.78 is 6.66. The molecule has 0 fully saturated rings. The average Bonchev–Trinajstić information content (AvgIpc) is 2.96. The van der Waals surface area contributed by atoms with Crippen molar-refractivity contribution in [2.75, 3.05) is 31.3 Å². The Labute approximate surface area is 164 Å². The van der Waals surface area contributed by atoms with Gasteiger partial charge in [0.05, 0.1) is 12.2 Å². The van der Waals surface area contributed by atoms with Crippen molar-refractivity contribution in [1.29, 1.82) is 0 Å². The highest BCUT2D eigenvalue weighted by molar-refractivity contribution is 5.97. The summed E-state index contributed by atoms with van der Waals surface area (Å²) in [5.74, 6) is 0.0431. The van der Waals surface area contributed by atoms with Crippen LogP contribution >= 0.6 is 0 Å². The topological polar surface area (TPSA) is 93.7 Å². The number of hydrogen-bond acceptors (Lipinski definition) is 6. The number of rotatable bonds is 2. The lowest BCUT2D eigenvalue weighted by molar-refractivity contribution is 0.0221. The van der Waals surface area contributed by atoms with Gasteiger partial charge in [-0.3, -0.25) is 4.79 Å². The van der Waals surface area contributed by atoms with Crippen molar-refractivity contribution in [3.63, 3.8) is 0 Å². The lowest BCUT2D eigenvalue weighted by Gasteiger charge is -2.29. The summed E-state index contributed by atoms with van der Waals surface area (Å²) in [6, 6.07) is 7.25. The molecule has 0 saturated carbocycles. The third kappa shape index (κ3) is 3.95. The van der Waals surface area contributed by atoms with Crippen LogP contribution < -0.4 is 10.6 Å². The van der Waals surface area contributed by atoms with Gasteiger partial charge in [-0.25, -0.2) is 4.79 Å². The van der Waals surface area contributed by atoms with Gasteiger partial charge in [-0.1, -0.05) is 0 Å². The molecule has 1 aliphatic rings. The number of anilines is 2. The summed E-state index contributed by atoms with van der Waals surface area (Å²) >= 11 is 0. The molecule has 0 radical (unpaired) electrons. The second kappa shape index (κ2) is 7.18. The van der Waals surface area contributed by atoms with Gasteiger partial charge >= 0.3 is 6.09 Å². The van der Waals surface area contributed by atoms with Crippen molar-refractivity contribution in [3.8, 4) is 0 Å². The number of ether oxygens (including phenoxy) is 1. The maximum absolute atomic E-state index is 12.9. The van der Waals surface area contributed by atoms with E-state index in [0.717, 1.165) is 11.3 Å². The number of carbonyl (C=O) groups is 2. The Morgan fingerprint density at radius 1 is 1.18 bits per heavy atom. The summed E-state index contributed by atoms with van der Waals surface area (Å²) in [4.78, 5) is 28.7. The molecule has 1 aromatic carbocycles. The van der Waals surface area contributed by atoms with Crippen LogP contribution in [0.25, 0.3) is 0 Å². The predicted octanol–water partition coefficient (Wildman–Crippen LogP) is 2.51. The van der Waals surface area contributed by atoms with E-state index in [9.17, 15) is 9.59 Å². The van der Waals surface area contributed by atoms with Crippen molar-refractivity contribution in [3.05, 3.63) is 41.1 Å². The Balaban J connectivity index is 1.81. The van der Waals surface area contributed by atoms with Crippen LogP contribution in [0.15, 0.2) is 24.3 Å². The number of hydrogen-bond donors (Lipinski definition) is 1. The van der Waals surface area contributed by atoms with Crippen LogP contribution in [0.5, 0.6) is 0 Å². The quantitative estimate of drug-likeness (QED) is 0.854. The number of nitrogen functional groups attached to an aromatic ring is 1. The average molecular weight is 385 g/mol. The zero-order valence-electron chi connectivity index (χ0n) is 17.0. The fraction of sp³-hybridized carbons (Fsp3) is 0.450. The van der Waals surface area contributed by atoms with E-state index < -0.39 is 11.7 Å². The number of amides is 1. The third-order valence-corrected chi connectivity index (χ3v) is 4.55. The number of nitrogens with two attached hydrogens (primary N) is 1. The Bertz CT molecular complexity index is 894. The SMILES string of the molecule is CN(C)c1ccc(C(=O)n2nc3c(c2N)CCN(C(=O)OC(C)(C)C)C3)cc1. The smallest absolute Gasteiger partial charge is 0.410 e. The zero-order valence-corrected chi connectivity index (χ0v) is 17.0. The minimum Gasteiger partial charge on any atom is -0.444 e. The largest absolute Gasteiger partial charge is 0.444 e. The van der Waals surface area contributed by atoms with Gasteiger partial charge in [0.1, 0.15) is 11.4 Å². The van der Waals surface area contributed by atoms with Gasteiger partial charge < -0.3 is 20.3 Å². The minimum atomic E-state index is -0.565. The molecular weight excluding hydrogens is 358 g/mol. The fourth-order valence-electron chi connectivity index (χ4n) is 3.08. The first kappa shape index (κ1) is 19.7. The number of aromatic nitrogens is 2. The molecule has 28 heavy (non-hydrogen) atoms. The van der Waals surface area contributed by atoms with Crippen LogP contribution in [0.3, 0.4) is 0 Å². The van der Waals surface area contributed by atoms with Crippen LogP contribution in [0.2, 0.25) is 0 Å². The lowest BCUT2D eigenvalue weighted by atomic mass is 10.1. The van der Waals surface area contributed by atoms with Crippen molar-refractivity contribution >= 4 is 23.5 Å². The molecule has 2 N–H and O–H groups in total. The molecule has 2 heterocycles. The predicted molar refractivity (Wildman–Crippen MR) is 107 cm³/mol. The van der Waals surface area contributed by atoms with Gasteiger partial charge in [0, 0.05) is 37.5 Å². The first-order valence-corrected chi connectivity index (χ1v) is 9.23. The normalized spacial score (nSPS) is 13.8. The van der Waals surface area contributed by atoms with Gasteiger partial charge in [-0.2, -0.15) is 9.78 Å². The van der Waals surface area contributed by atoms with Gasteiger partial charge in [0.15, 0.2) is 0 Å². The molecule has 150 valence electrons. The van der Waals surface area contributed by atoms with E-state index in [2.05, 4.69) is 5.10 Å². The standard InChI is InChI=1S/C20H27N5O3/c1-20(2,3)28-19(27)24-11-10-15-16(12-24)22-25(17(15)21)18(26)13-6-8-14(9-7-13)23(4)5/h6-9H,10-12,21H2,1-5H3. The summed E-state index contributed by atoms with van der Waals surface area (Å²) in [5.41, 5.74) is 8.58. The molecule has 1 amide bonds. The van der Waals surface area contributed by atoms with E-state index in [1.807, 2.05) is 51.9 Å². The Morgan fingerprint density at radius 3 is 2.39 bits per heavy atom. The van der Waals surface area contributed by atoms with Crippen LogP contribution in [0, 0.1) is 0 Å². The van der Waals surface area contributed by atoms with Crippen molar-refractivity contribution in [2.45, 2.75) is 39.3 Å². The molecule has 3 rings (SSSR count). The molecule has 1 aliphatic heterocycles. The summed E-state index contributed by atoms with van der Waals surface area (Å²) in [5, 5.41) is 4.40. The maximum Gasteiger partial charge on any atom is 0.410 e. The monoisotopic (exact) mass is 385 g/mol. The molecule has 8 heteroatoms. The highest BCUT2D eigenvalue weighted by atomic mass is 16.6. The Hall–Kier alpha value is -3.03. The first-order chi connectivity index (χ1) is 13.1. The van der Waals surface area contributed by atoms with E-state index in [0.29, 0.717) is 30.0 Å². The second-order valence-electron chi connectivity index (χ2n) is 8.12. The van der Waals surface area contributed by atoms with E-state index in [4.69, 9.17) is 10.5 Å². The van der Waals surface area contributed by atoms with Crippen LogP contribution in [-0.2, 0) is 17.7 Å². The molecule has 0 atom stereocenters. The molecule has 0 bridgehead atoms. The highest BCUT2D eigenvalue weighted by Gasteiger charge is 2.30. The van der Waals surface area contributed by atoms with Gasteiger partial charge in [-0.05, 0) is 51.5 Å². The van der Waals surface area contributed by atoms with Crippen LogP contribution in [-0.4, -0.2) is 52.9 Å². The first-order valence-electron chi connectivity index (χ1n) is 9.23. The zero-order chi connectivity index (χ0) is 20.6. The number of carbonyl (C=O) groups excluding carboxylic acids is 2. The molecule has 1 aromatic heterocycles. The summed E-state index contributed by atoms with van der Waals surface area (Å²) in [7, 11) is 3.87. The van der Waals surface area contributed by atoms with Gasteiger partial charge in [0.2, 0.25) is 0 Å². The van der Waals surface area contributed by atoms with E-state index >= 15 is 0 Å². The third-order valence-electron chi connectivity index (χ3n) is 4.55. The van der Waals surface area contributed by atoms with Crippen molar-refractivity contribution in [1.82, 2.24) is 14.7 Å². The maximum atomic E-state index is 12.9. The molecule has 0 saturated heterocycles. The molecule has 2 aromatic rings. The fourth-order valence-corrected chi connectivity index (χ4v) is 3.08.